The summed E-state index contributed by atoms with van der Waals surface area (Å²) in [6.07, 6.45) is 1.90. The molecule has 0 bridgehead atoms. The van der Waals surface area contributed by atoms with Crippen molar-refractivity contribution in [3.05, 3.63) is 23.4 Å². The fourth-order valence-corrected chi connectivity index (χ4v) is 3.48. The van der Waals surface area contributed by atoms with Crippen LogP contribution in [0.15, 0.2) is 12.3 Å². The van der Waals surface area contributed by atoms with E-state index in [0.29, 0.717) is 17.2 Å². The van der Waals surface area contributed by atoms with Gasteiger partial charge in [0.15, 0.2) is 0 Å². The minimum absolute atomic E-state index is 0.538. The van der Waals surface area contributed by atoms with Crippen LogP contribution in [0.5, 0.6) is 0 Å². The summed E-state index contributed by atoms with van der Waals surface area (Å²) in [7, 11) is 0. The summed E-state index contributed by atoms with van der Waals surface area (Å²) in [5, 5.41) is 0.664. The molecule has 2 atom stereocenters. The number of pyridine rings is 1. The van der Waals surface area contributed by atoms with Gasteiger partial charge in [-0.25, -0.2) is 4.98 Å². The van der Waals surface area contributed by atoms with Crippen molar-refractivity contribution in [1.82, 2.24) is 4.98 Å². The Morgan fingerprint density at radius 2 is 2.29 bits per heavy atom. The minimum atomic E-state index is 0.538. The Kier molecular flexibility index (Phi) is 4.21. The normalized spacial score (nSPS) is 25.1. The second kappa shape index (κ2) is 5.49. The van der Waals surface area contributed by atoms with Crippen LogP contribution >= 0.6 is 23.4 Å². The molecule has 0 aromatic carbocycles. The van der Waals surface area contributed by atoms with E-state index in [2.05, 4.69) is 36.7 Å². The van der Waals surface area contributed by atoms with Crippen molar-refractivity contribution >= 4 is 29.2 Å². The summed E-state index contributed by atoms with van der Waals surface area (Å²) in [5.74, 6) is 2.85. The van der Waals surface area contributed by atoms with Crippen LogP contribution in [0.3, 0.4) is 0 Å². The maximum Gasteiger partial charge on any atom is 0.131 e. The van der Waals surface area contributed by atoms with E-state index in [4.69, 9.17) is 11.6 Å². The number of alkyl halides is 1. The van der Waals surface area contributed by atoms with Crippen LogP contribution in [-0.4, -0.2) is 28.6 Å². The number of nitrogens with zero attached hydrogens (tertiary/aromatic N) is 2. The average Bonchev–Trinajstić information content (AvgIpc) is 2.33. The van der Waals surface area contributed by atoms with Crippen LogP contribution in [0.2, 0.25) is 0 Å². The van der Waals surface area contributed by atoms with E-state index < -0.39 is 0 Å². The molecule has 2 nitrogen and oxygen atoms in total. The largest absolute Gasteiger partial charge is 0.352 e. The van der Waals surface area contributed by atoms with E-state index >= 15 is 0 Å². The van der Waals surface area contributed by atoms with E-state index in [9.17, 15) is 0 Å². The molecule has 4 heteroatoms. The van der Waals surface area contributed by atoms with E-state index in [-0.39, 0.29) is 0 Å². The average molecular weight is 271 g/mol. The lowest BCUT2D eigenvalue weighted by molar-refractivity contribution is 0.618. The fraction of sp³-hybridized carbons (Fsp3) is 0.615. The first-order chi connectivity index (χ1) is 8.13. The molecule has 1 aromatic heterocycles. The number of hydrogen-bond acceptors (Lipinski definition) is 3. The van der Waals surface area contributed by atoms with Crippen molar-refractivity contribution < 1.29 is 0 Å². The quantitative estimate of drug-likeness (QED) is 0.766. The van der Waals surface area contributed by atoms with Crippen molar-refractivity contribution in [2.75, 3.05) is 17.2 Å². The smallest absolute Gasteiger partial charge is 0.131 e. The molecule has 17 heavy (non-hydrogen) atoms. The Balaban J connectivity index is 2.27. The van der Waals surface area contributed by atoms with E-state index in [0.717, 1.165) is 17.9 Å². The van der Waals surface area contributed by atoms with Gasteiger partial charge in [0.05, 0.1) is 0 Å². The van der Waals surface area contributed by atoms with Crippen molar-refractivity contribution in [3.8, 4) is 0 Å². The number of hydrogen-bond donors (Lipinski definition) is 0. The summed E-state index contributed by atoms with van der Waals surface area (Å²) in [5.41, 5.74) is 2.33. The Hall–Kier alpha value is -0.410. The topological polar surface area (TPSA) is 16.1 Å². The maximum atomic E-state index is 5.83. The van der Waals surface area contributed by atoms with Gasteiger partial charge in [-0.05, 0) is 31.0 Å². The lowest BCUT2D eigenvalue weighted by Crippen LogP contribution is -2.45. The molecule has 2 unspecified atom stereocenters. The molecule has 0 radical (unpaired) electrons. The third-order valence-corrected chi connectivity index (χ3v) is 5.06. The highest BCUT2D eigenvalue weighted by Gasteiger charge is 2.26. The molecule has 0 spiro atoms. The Bertz CT molecular complexity index is 397. The van der Waals surface area contributed by atoms with Crippen LogP contribution < -0.4 is 4.90 Å². The molecule has 2 rings (SSSR count). The molecular formula is C13H19ClN2S. The highest BCUT2D eigenvalue weighted by Crippen LogP contribution is 2.29. The van der Waals surface area contributed by atoms with Crippen LogP contribution in [0, 0.1) is 6.92 Å². The zero-order chi connectivity index (χ0) is 12.4. The van der Waals surface area contributed by atoms with Gasteiger partial charge in [0.25, 0.3) is 0 Å². The molecule has 1 saturated heterocycles. The van der Waals surface area contributed by atoms with Crippen LogP contribution in [0.4, 0.5) is 5.82 Å². The lowest BCUT2D eigenvalue weighted by atomic mass is 10.1. The van der Waals surface area contributed by atoms with Crippen molar-refractivity contribution in [2.24, 2.45) is 0 Å². The van der Waals surface area contributed by atoms with Gasteiger partial charge in [0.2, 0.25) is 0 Å². The summed E-state index contributed by atoms with van der Waals surface area (Å²) in [6.45, 7) is 7.79. The van der Waals surface area contributed by atoms with Gasteiger partial charge in [-0.3, -0.25) is 0 Å². The third-order valence-electron chi connectivity index (χ3n) is 3.42. The number of aromatic nitrogens is 1. The number of anilines is 1. The summed E-state index contributed by atoms with van der Waals surface area (Å²) < 4.78 is 0. The van der Waals surface area contributed by atoms with Crippen molar-refractivity contribution in [1.29, 1.82) is 0 Å². The second-order valence-electron chi connectivity index (χ2n) is 4.63. The summed E-state index contributed by atoms with van der Waals surface area (Å²) in [6, 6.07) is 2.69. The fourth-order valence-electron chi connectivity index (χ4n) is 2.23. The zero-order valence-corrected chi connectivity index (χ0v) is 12.2. The first kappa shape index (κ1) is 13.0. The van der Waals surface area contributed by atoms with Gasteiger partial charge >= 0.3 is 0 Å². The van der Waals surface area contributed by atoms with Gasteiger partial charge in [-0.15, -0.1) is 11.6 Å². The molecule has 0 N–H and O–H groups in total. The predicted molar refractivity (Wildman–Crippen MR) is 77.3 cm³/mol. The van der Waals surface area contributed by atoms with Crippen LogP contribution in [0.25, 0.3) is 0 Å². The first-order valence-corrected chi connectivity index (χ1v) is 7.61. The maximum absolute atomic E-state index is 5.83. The molecular weight excluding hydrogens is 252 g/mol. The lowest BCUT2D eigenvalue weighted by Gasteiger charge is -2.39. The summed E-state index contributed by atoms with van der Waals surface area (Å²) >= 11 is 7.88. The standard InChI is InChI=1S/C13H19ClN2S/c1-9-6-12(7-14)8-15-13(9)16-4-5-17-11(3)10(16)2/h6,8,10-11H,4-5,7H2,1-3H3. The highest BCUT2D eigenvalue weighted by atomic mass is 35.5. The first-order valence-electron chi connectivity index (χ1n) is 6.03. The molecule has 0 saturated carbocycles. The van der Waals surface area contributed by atoms with Crippen molar-refractivity contribution in [2.45, 2.75) is 37.9 Å². The third kappa shape index (κ3) is 2.71. The molecule has 1 aromatic rings. The number of halogens is 1. The van der Waals surface area contributed by atoms with Gasteiger partial charge in [0.1, 0.15) is 5.82 Å². The summed E-state index contributed by atoms with van der Waals surface area (Å²) in [4.78, 5) is 7.01. The zero-order valence-electron chi connectivity index (χ0n) is 10.6. The second-order valence-corrected chi connectivity index (χ2v) is 6.38. The number of aryl methyl sites for hydroxylation is 1. The molecule has 0 amide bonds. The Labute approximate surface area is 113 Å². The molecule has 0 aliphatic carbocycles. The minimum Gasteiger partial charge on any atom is -0.352 e. The van der Waals surface area contributed by atoms with E-state index in [1.807, 2.05) is 18.0 Å². The Morgan fingerprint density at radius 3 is 2.94 bits per heavy atom. The molecule has 94 valence electrons. The highest BCUT2D eigenvalue weighted by molar-refractivity contribution is 8.00. The monoisotopic (exact) mass is 270 g/mol. The molecule has 1 aliphatic rings. The van der Waals surface area contributed by atoms with Gasteiger partial charge in [-0.1, -0.05) is 6.92 Å². The van der Waals surface area contributed by atoms with Crippen molar-refractivity contribution in [3.63, 3.8) is 0 Å². The van der Waals surface area contributed by atoms with E-state index in [1.54, 1.807) is 0 Å². The predicted octanol–water partition coefficient (Wildman–Crippen LogP) is 3.46. The van der Waals surface area contributed by atoms with Gasteiger partial charge < -0.3 is 4.90 Å². The van der Waals surface area contributed by atoms with Crippen LogP contribution in [-0.2, 0) is 5.88 Å². The molecule has 2 heterocycles. The van der Waals surface area contributed by atoms with E-state index in [1.165, 1.54) is 11.3 Å². The number of thioether (sulfide) groups is 1. The molecule has 1 aliphatic heterocycles. The van der Waals surface area contributed by atoms with Crippen LogP contribution in [0.1, 0.15) is 25.0 Å². The Morgan fingerprint density at radius 1 is 1.53 bits per heavy atom. The van der Waals surface area contributed by atoms with Gasteiger partial charge in [0, 0.05) is 35.7 Å². The van der Waals surface area contributed by atoms with Gasteiger partial charge in [-0.2, -0.15) is 11.8 Å². The number of rotatable bonds is 2. The SMILES string of the molecule is Cc1cc(CCl)cnc1N1CCSC(C)C1C. The molecule has 1 fully saturated rings.